The first kappa shape index (κ1) is 18.1. The molecule has 0 aliphatic carbocycles. The Morgan fingerprint density at radius 2 is 2.07 bits per heavy atom. The average Bonchev–Trinajstić information content (AvgIpc) is 3.03. The molecule has 10 heteroatoms. The molecule has 0 bridgehead atoms. The summed E-state index contributed by atoms with van der Waals surface area (Å²) in [6, 6.07) is 9.34. The number of aromatic nitrogens is 1. The summed E-state index contributed by atoms with van der Waals surface area (Å²) >= 11 is 0. The molecule has 2 aromatic rings. The quantitative estimate of drug-likeness (QED) is 0.401. The van der Waals surface area contributed by atoms with E-state index < -0.39 is 23.4 Å². The summed E-state index contributed by atoms with van der Waals surface area (Å²) < 4.78 is 0. The number of urea groups is 1. The van der Waals surface area contributed by atoms with Gasteiger partial charge >= 0.3 is 6.03 Å². The Labute approximate surface area is 153 Å². The van der Waals surface area contributed by atoms with Gasteiger partial charge in [0.05, 0.1) is 6.61 Å². The van der Waals surface area contributed by atoms with Crippen LogP contribution >= 0.6 is 0 Å². The van der Waals surface area contributed by atoms with Gasteiger partial charge < -0.3 is 10.3 Å². The van der Waals surface area contributed by atoms with Crippen LogP contribution in [0.15, 0.2) is 47.4 Å². The fourth-order valence-corrected chi connectivity index (χ4v) is 2.63. The molecule has 1 aliphatic rings. The van der Waals surface area contributed by atoms with Crippen LogP contribution in [0.2, 0.25) is 0 Å². The predicted octanol–water partition coefficient (Wildman–Crippen LogP) is -0.0362. The van der Waals surface area contributed by atoms with Gasteiger partial charge in [0.1, 0.15) is 11.6 Å². The lowest BCUT2D eigenvalue weighted by Crippen LogP contribution is -2.41. The molecule has 140 valence electrons. The molecule has 0 radical (unpaired) electrons. The predicted molar refractivity (Wildman–Crippen MR) is 92.9 cm³/mol. The third kappa shape index (κ3) is 4.12. The van der Waals surface area contributed by atoms with E-state index in [-0.39, 0.29) is 18.7 Å². The van der Waals surface area contributed by atoms with Gasteiger partial charge in [0.2, 0.25) is 6.41 Å². The molecule has 0 saturated carbocycles. The summed E-state index contributed by atoms with van der Waals surface area (Å²) in [7, 11) is 0. The molecule has 1 atom stereocenters. The average molecular weight is 371 g/mol. The van der Waals surface area contributed by atoms with Crippen molar-refractivity contribution in [2.24, 2.45) is 0 Å². The Kier molecular flexibility index (Phi) is 5.47. The summed E-state index contributed by atoms with van der Waals surface area (Å²) in [5.41, 5.74) is 5.03. The number of hydrazine groups is 1. The van der Waals surface area contributed by atoms with E-state index in [1.54, 1.807) is 0 Å². The van der Waals surface area contributed by atoms with Crippen molar-refractivity contribution < 1.29 is 19.2 Å². The van der Waals surface area contributed by atoms with E-state index in [9.17, 15) is 19.2 Å². The Morgan fingerprint density at radius 1 is 1.30 bits per heavy atom. The van der Waals surface area contributed by atoms with Crippen molar-refractivity contribution >= 4 is 18.3 Å². The fraction of sp³-hybridized carbons (Fsp3) is 0.176. The van der Waals surface area contributed by atoms with E-state index in [0.29, 0.717) is 12.1 Å². The summed E-state index contributed by atoms with van der Waals surface area (Å²) in [5, 5.41) is 3.60. The second-order valence-corrected chi connectivity index (χ2v) is 5.69. The topological polar surface area (TPSA) is 133 Å². The number of carbonyl (C=O) groups excluding carboxylic acids is 3. The minimum absolute atomic E-state index is 0.140. The van der Waals surface area contributed by atoms with E-state index in [1.165, 1.54) is 12.3 Å². The van der Waals surface area contributed by atoms with Gasteiger partial charge in [-0.2, -0.15) is 0 Å². The van der Waals surface area contributed by atoms with Crippen molar-refractivity contribution in [3.63, 3.8) is 0 Å². The molecule has 0 spiro atoms. The molecule has 4 amide bonds. The van der Waals surface area contributed by atoms with Crippen LogP contribution in [0.25, 0.3) is 0 Å². The van der Waals surface area contributed by atoms with E-state index in [1.807, 2.05) is 30.3 Å². The number of hydrogen-bond donors (Lipinski definition) is 4. The lowest BCUT2D eigenvalue weighted by atomic mass is 10.1. The van der Waals surface area contributed by atoms with Crippen LogP contribution in [-0.4, -0.2) is 34.9 Å². The van der Waals surface area contributed by atoms with E-state index >= 15 is 0 Å². The highest BCUT2D eigenvalue weighted by atomic mass is 16.6. The van der Waals surface area contributed by atoms with Gasteiger partial charge in [0.15, 0.2) is 5.43 Å². The molecular formula is C17H17N5O5. The maximum atomic E-state index is 12.3. The van der Waals surface area contributed by atoms with Crippen LogP contribution in [0.3, 0.4) is 0 Å². The molecule has 4 N–H and O–H groups in total. The standard InChI is InChI=1S/C17H17N5O5/c23-10-20-22-14(8-19-17(22)26)13-6-15(24)12(7-18-13)16(25)21-27-9-11-4-2-1-3-5-11/h1-7,10,14H,8-9H2,(H,18,24)(H,19,26)(H,20,23)(H,21,25). The number of pyridine rings is 1. The highest BCUT2D eigenvalue weighted by molar-refractivity contribution is 5.93. The number of nitrogens with one attached hydrogen (secondary N) is 4. The smallest absolute Gasteiger partial charge is 0.336 e. The van der Waals surface area contributed by atoms with Crippen LogP contribution in [0.5, 0.6) is 0 Å². The first-order valence-electron chi connectivity index (χ1n) is 8.05. The zero-order chi connectivity index (χ0) is 19.2. The van der Waals surface area contributed by atoms with Crippen LogP contribution < -0.4 is 21.7 Å². The third-order valence-corrected chi connectivity index (χ3v) is 3.95. The van der Waals surface area contributed by atoms with Crippen molar-refractivity contribution in [2.75, 3.05) is 6.54 Å². The molecule has 1 aromatic heterocycles. The molecule has 1 fully saturated rings. The SMILES string of the molecule is O=CNN1C(=O)NCC1c1cc(=O)c(C(=O)NOCc2ccccc2)c[nH]1. The number of carbonyl (C=O) groups is 3. The Balaban J connectivity index is 1.65. The zero-order valence-electron chi connectivity index (χ0n) is 14.1. The van der Waals surface area contributed by atoms with Crippen molar-refractivity contribution in [1.29, 1.82) is 0 Å². The normalized spacial score (nSPS) is 15.9. The first-order chi connectivity index (χ1) is 13.1. The molecule has 2 heterocycles. The molecule has 3 rings (SSSR count). The number of hydrogen-bond acceptors (Lipinski definition) is 5. The number of rotatable bonds is 7. The number of benzene rings is 1. The van der Waals surface area contributed by atoms with Gasteiger partial charge in [0.25, 0.3) is 5.91 Å². The van der Waals surface area contributed by atoms with Gasteiger partial charge in [-0.1, -0.05) is 30.3 Å². The van der Waals surface area contributed by atoms with Gasteiger partial charge in [-0.3, -0.25) is 24.6 Å². The van der Waals surface area contributed by atoms with Crippen LogP contribution in [0.1, 0.15) is 27.7 Å². The molecule has 1 unspecified atom stereocenters. The lowest BCUT2D eigenvalue weighted by molar-refractivity contribution is -0.113. The monoisotopic (exact) mass is 371 g/mol. The maximum Gasteiger partial charge on any atom is 0.336 e. The largest absolute Gasteiger partial charge is 0.362 e. The number of amides is 4. The molecule has 27 heavy (non-hydrogen) atoms. The van der Waals surface area contributed by atoms with Crippen molar-refractivity contribution in [2.45, 2.75) is 12.6 Å². The van der Waals surface area contributed by atoms with Gasteiger partial charge in [0, 0.05) is 24.5 Å². The van der Waals surface area contributed by atoms with Crippen LogP contribution in [0, 0.1) is 0 Å². The van der Waals surface area contributed by atoms with Crippen molar-refractivity contribution in [1.82, 2.24) is 26.2 Å². The molecule has 1 aromatic carbocycles. The van der Waals surface area contributed by atoms with Gasteiger partial charge in [-0.25, -0.2) is 15.3 Å². The molecular weight excluding hydrogens is 354 g/mol. The van der Waals surface area contributed by atoms with E-state index in [4.69, 9.17) is 4.84 Å². The van der Waals surface area contributed by atoms with E-state index in [0.717, 1.165) is 10.6 Å². The molecule has 1 saturated heterocycles. The number of H-pyrrole nitrogens is 1. The summed E-state index contributed by atoms with van der Waals surface area (Å²) in [5.74, 6) is -0.692. The first-order valence-corrected chi connectivity index (χ1v) is 8.05. The molecule has 1 aliphatic heterocycles. The number of hydroxylamine groups is 1. The summed E-state index contributed by atoms with van der Waals surface area (Å²) in [6.07, 6.45) is 1.60. The zero-order valence-corrected chi connectivity index (χ0v) is 14.1. The highest BCUT2D eigenvalue weighted by Crippen LogP contribution is 2.19. The van der Waals surface area contributed by atoms with Gasteiger partial charge in [-0.05, 0) is 5.56 Å². The highest BCUT2D eigenvalue weighted by Gasteiger charge is 2.33. The Morgan fingerprint density at radius 3 is 2.78 bits per heavy atom. The lowest BCUT2D eigenvalue weighted by Gasteiger charge is -2.21. The second-order valence-electron chi connectivity index (χ2n) is 5.69. The van der Waals surface area contributed by atoms with Crippen LogP contribution in [0.4, 0.5) is 4.79 Å². The minimum atomic E-state index is -0.692. The van der Waals surface area contributed by atoms with E-state index in [2.05, 4.69) is 21.2 Å². The van der Waals surface area contributed by atoms with Crippen LogP contribution in [-0.2, 0) is 16.2 Å². The maximum absolute atomic E-state index is 12.3. The van der Waals surface area contributed by atoms with Gasteiger partial charge in [-0.15, -0.1) is 0 Å². The fourth-order valence-electron chi connectivity index (χ4n) is 2.63. The third-order valence-electron chi connectivity index (χ3n) is 3.95. The minimum Gasteiger partial charge on any atom is -0.362 e. The van der Waals surface area contributed by atoms with Crippen molar-refractivity contribution in [3.05, 3.63) is 69.6 Å². The Bertz CT molecular complexity index is 898. The summed E-state index contributed by atoms with van der Waals surface area (Å²) in [6.45, 7) is 0.353. The Hall–Kier alpha value is -3.66. The number of aromatic amines is 1. The van der Waals surface area contributed by atoms with Crippen molar-refractivity contribution in [3.8, 4) is 0 Å². The summed E-state index contributed by atoms with van der Waals surface area (Å²) in [4.78, 5) is 54.6. The molecule has 10 nitrogen and oxygen atoms in total. The second kappa shape index (κ2) is 8.15. The number of nitrogens with zero attached hydrogens (tertiary/aromatic N) is 1.